The molecule has 2 aromatic rings. The first-order chi connectivity index (χ1) is 12.9. The van der Waals surface area contributed by atoms with Crippen LogP contribution >= 0.6 is 0 Å². The van der Waals surface area contributed by atoms with E-state index in [0.717, 1.165) is 17.0 Å². The minimum absolute atomic E-state index is 0.205. The van der Waals surface area contributed by atoms with Gasteiger partial charge in [0.05, 0.1) is 6.61 Å². The molecule has 27 heavy (non-hydrogen) atoms. The van der Waals surface area contributed by atoms with E-state index < -0.39 is 5.97 Å². The highest BCUT2D eigenvalue weighted by Gasteiger charge is 2.08. The minimum atomic E-state index is -0.416. The summed E-state index contributed by atoms with van der Waals surface area (Å²) >= 11 is 0. The molecule has 0 unspecified atom stereocenters. The number of hydrogen-bond acceptors (Lipinski definition) is 5. The van der Waals surface area contributed by atoms with Gasteiger partial charge in [-0.15, -0.1) is 0 Å². The molecule has 0 spiro atoms. The van der Waals surface area contributed by atoms with Crippen LogP contribution in [-0.2, 0) is 14.3 Å². The predicted molar refractivity (Wildman–Crippen MR) is 106 cm³/mol. The van der Waals surface area contributed by atoms with Gasteiger partial charge in [0.2, 0.25) is 0 Å². The first kappa shape index (κ1) is 20.3. The quantitative estimate of drug-likeness (QED) is 0.541. The Balaban J connectivity index is 1.62. The molecule has 0 atom stereocenters. The van der Waals surface area contributed by atoms with E-state index in [0.29, 0.717) is 18.7 Å². The highest BCUT2D eigenvalue weighted by molar-refractivity contribution is 5.92. The lowest BCUT2D eigenvalue weighted by molar-refractivity contribution is -0.147. The summed E-state index contributed by atoms with van der Waals surface area (Å²) in [6.45, 7) is 2.11. The maximum Gasteiger partial charge on any atom is 0.306 e. The van der Waals surface area contributed by atoms with Crippen molar-refractivity contribution < 1.29 is 19.1 Å². The van der Waals surface area contributed by atoms with Crippen LogP contribution in [0.4, 0.5) is 11.4 Å². The van der Waals surface area contributed by atoms with E-state index in [4.69, 9.17) is 9.47 Å². The molecule has 0 saturated carbocycles. The average Bonchev–Trinajstić information content (AvgIpc) is 2.64. The Hall–Kier alpha value is -3.02. The van der Waals surface area contributed by atoms with Crippen LogP contribution in [0.15, 0.2) is 48.5 Å². The molecule has 6 nitrogen and oxygen atoms in total. The summed E-state index contributed by atoms with van der Waals surface area (Å²) < 4.78 is 10.6. The highest BCUT2D eigenvalue weighted by Crippen LogP contribution is 2.15. The van der Waals surface area contributed by atoms with Crippen molar-refractivity contribution in [3.05, 3.63) is 54.1 Å². The van der Waals surface area contributed by atoms with Crippen molar-refractivity contribution in [2.75, 3.05) is 37.5 Å². The van der Waals surface area contributed by atoms with Crippen molar-refractivity contribution in [1.29, 1.82) is 0 Å². The largest absolute Gasteiger partial charge is 0.494 e. The van der Waals surface area contributed by atoms with Crippen molar-refractivity contribution >= 4 is 23.3 Å². The van der Waals surface area contributed by atoms with Crippen LogP contribution in [0, 0.1) is 6.92 Å². The Kier molecular flexibility index (Phi) is 7.67. The molecule has 0 heterocycles. The van der Waals surface area contributed by atoms with Gasteiger partial charge in [-0.1, -0.05) is 12.1 Å². The van der Waals surface area contributed by atoms with Gasteiger partial charge in [0.25, 0.3) is 5.91 Å². The smallest absolute Gasteiger partial charge is 0.306 e. The number of benzene rings is 2. The summed E-state index contributed by atoms with van der Waals surface area (Å²) in [5.41, 5.74) is 2.81. The SMILES string of the molecule is Cc1cccc(OCCCC(=O)OCC(=O)Nc2ccc(N(C)C)cc2)c1. The number of esters is 1. The van der Waals surface area contributed by atoms with Gasteiger partial charge in [-0.05, 0) is 55.3 Å². The molecule has 2 aromatic carbocycles. The molecule has 1 N–H and O–H groups in total. The number of ether oxygens (including phenoxy) is 2. The molecule has 1 amide bonds. The fourth-order valence-electron chi connectivity index (χ4n) is 2.37. The molecule has 0 fully saturated rings. The molecule has 0 bridgehead atoms. The molecule has 0 aliphatic carbocycles. The average molecular weight is 370 g/mol. The normalized spacial score (nSPS) is 10.2. The van der Waals surface area contributed by atoms with Crippen LogP contribution in [0.1, 0.15) is 18.4 Å². The lowest BCUT2D eigenvalue weighted by Gasteiger charge is -2.13. The van der Waals surface area contributed by atoms with Gasteiger partial charge >= 0.3 is 5.97 Å². The van der Waals surface area contributed by atoms with Gasteiger partial charge in [0.15, 0.2) is 6.61 Å². The van der Waals surface area contributed by atoms with Crippen molar-refractivity contribution in [3.8, 4) is 5.75 Å². The van der Waals surface area contributed by atoms with E-state index in [1.54, 1.807) is 12.1 Å². The Morgan fingerprint density at radius 3 is 2.48 bits per heavy atom. The zero-order valence-electron chi connectivity index (χ0n) is 16.0. The van der Waals surface area contributed by atoms with Gasteiger partial charge < -0.3 is 19.7 Å². The van der Waals surface area contributed by atoms with Crippen molar-refractivity contribution in [2.24, 2.45) is 0 Å². The first-order valence-electron chi connectivity index (χ1n) is 8.86. The molecule has 2 rings (SSSR count). The van der Waals surface area contributed by atoms with Crippen LogP contribution < -0.4 is 15.0 Å². The minimum Gasteiger partial charge on any atom is -0.494 e. The Morgan fingerprint density at radius 2 is 1.81 bits per heavy atom. The number of anilines is 2. The van der Waals surface area contributed by atoms with Crippen LogP contribution in [0.5, 0.6) is 5.75 Å². The zero-order chi connectivity index (χ0) is 19.6. The number of aryl methyl sites for hydroxylation is 1. The van der Waals surface area contributed by atoms with E-state index in [1.807, 2.05) is 62.3 Å². The molecular weight excluding hydrogens is 344 g/mol. The third kappa shape index (κ3) is 7.40. The zero-order valence-corrected chi connectivity index (χ0v) is 16.0. The fraction of sp³-hybridized carbons (Fsp3) is 0.333. The summed E-state index contributed by atoms with van der Waals surface area (Å²) in [7, 11) is 3.89. The van der Waals surface area contributed by atoms with E-state index in [2.05, 4.69) is 5.32 Å². The van der Waals surface area contributed by atoms with E-state index >= 15 is 0 Å². The van der Waals surface area contributed by atoms with E-state index in [-0.39, 0.29) is 18.9 Å². The van der Waals surface area contributed by atoms with Crippen LogP contribution in [0.25, 0.3) is 0 Å². The molecule has 0 aromatic heterocycles. The number of nitrogens with one attached hydrogen (secondary N) is 1. The topological polar surface area (TPSA) is 67.9 Å². The molecule has 0 aliphatic heterocycles. The van der Waals surface area contributed by atoms with Crippen molar-refractivity contribution in [2.45, 2.75) is 19.8 Å². The Labute approximate surface area is 160 Å². The number of hydrogen-bond donors (Lipinski definition) is 1. The van der Waals surface area contributed by atoms with E-state index in [1.165, 1.54) is 0 Å². The number of rotatable bonds is 9. The van der Waals surface area contributed by atoms with Gasteiger partial charge in [-0.2, -0.15) is 0 Å². The van der Waals surface area contributed by atoms with Crippen LogP contribution in [-0.4, -0.2) is 39.2 Å². The molecule has 0 saturated heterocycles. The third-order valence-corrected chi connectivity index (χ3v) is 3.82. The second-order valence-corrected chi connectivity index (χ2v) is 6.42. The molecule has 6 heteroatoms. The first-order valence-corrected chi connectivity index (χ1v) is 8.86. The fourth-order valence-corrected chi connectivity index (χ4v) is 2.37. The van der Waals surface area contributed by atoms with Crippen LogP contribution in [0.3, 0.4) is 0 Å². The Morgan fingerprint density at radius 1 is 1.07 bits per heavy atom. The highest BCUT2D eigenvalue weighted by atomic mass is 16.5. The van der Waals surface area contributed by atoms with Crippen LogP contribution in [0.2, 0.25) is 0 Å². The summed E-state index contributed by atoms with van der Waals surface area (Å²) in [5, 5.41) is 2.70. The standard InChI is InChI=1S/C21H26N2O4/c1-16-6-4-7-19(14-16)26-13-5-8-21(25)27-15-20(24)22-17-9-11-18(12-10-17)23(2)3/h4,6-7,9-12,14H,5,8,13,15H2,1-3H3,(H,22,24). The second-order valence-electron chi connectivity index (χ2n) is 6.42. The van der Waals surface area contributed by atoms with Gasteiger partial charge in [-0.3, -0.25) is 9.59 Å². The summed E-state index contributed by atoms with van der Waals surface area (Å²) in [4.78, 5) is 25.5. The number of carbonyl (C=O) groups excluding carboxylic acids is 2. The summed E-state index contributed by atoms with van der Waals surface area (Å²) in [6, 6.07) is 15.1. The Bertz CT molecular complexity index is 757. The molecular formula is C21H26N2O4. The molecule has 0 aliphatic rings. The second kappa shape index (κ2) is 10.2. The number of nitrogens with zero attached hydrogens (tertiary/aromatic N) is 1. The third-order valence-electron chi connectivity index (χ3n) is 3.82. The lowest BCUT2D eigenvalue weighted by atomic mass is 10.2. The van der Waals surface area contributed by atoms with Crippen molar-refractivity contribution in [1.82, 2.24) is 0 Å². The van der Waals surface area contributed by atoms with Crippen molar-refractivity contribution in [3.63, 3.8) is 0 Å². The molecule has 144 valence electrons. The lowest BCUT2D eigenvalue weighted by Crippen LogP contribution is -2.21. The maximum atomic E-state index is 11.9. The molecule has 0 radical (unpaired) electrons. The van der Waals surface area contributed by atoms with E-state index in [9.17, 15) is 9.59 Å². The van der Waals surface area contributed by atoms with Gasteiger partial charge in [-0.25, -0.2) is 0 Å². The predicted octanol–water partition coefficient (Wildman–Crippen LogP) is 3.40. The van der Waals surface area contributed by atoms with Gasteiger partial charge in [0, 0.05) is 31.9 Å². The summed E-state index contributed by atoms with van der Waals surface area (Å²) in [6.07, 6.45) is 0.733. The monoisotopic (exact) mass is 370 g/mol. The number of amides is 1. The maximum absolute atomic E-state index is 11.9. The number of carbonyl (C=O) groups is 2. The van der Waals surface area contributed by atoms with Gasteiger partial charge in [0.1, 0.15) is 5.75 Å². The summed E-state index contributed by atoms with van der Waals surface area (Å²) in [5.74, 6) is 0.000872.